The molecular weight excluding hydrogens is 364 g/mol. The number of nitrogens with one attached hydrogen (secondary N) is 1. The fourth-order valence-electron chi connectivity index (χ4n) is 3.77. The summed E-state index contributed by atoms with van der Waals surface area (Å²) in [5, 5.41) is 2.99. The van der Waals surface area contributed by atoms with Gasteiger partial charge >= 0.3 is 0 Å². The fraction of sp³-hybridized carbons (Fsp3) is 0.435. The second kappa shape index (κ2) is 9.18. The van der Waals surface area contributed by atoms with Crippen molar-refractivity contribution in [3.05, 3.63) is 59.5 Å². The zero-order valence-corrected chi connectivity index (χ0v) is 16.9. The molecule has 1 saturated heterocycles. The van der Waals surface area contributed by atoms with E-state index in [0.29, 0.717) is 13.0 Å². The van der Waals surface area contributed by atoms with Gasteiger partial charge < -0.3 is 14.6 Å². The lowest BCUT2D eigenvalue weighted by atomic mass is 10.1. The Balaban J connectivity index is 1.39. The van der Waals surface area contributed by atoms with Gasteiger partial charge in [0.1, 0.15) is 11.3 Å². The van der Waals surface area contributed by atoms with Gasteiger partial charge in [-0.25, -0.2) is 9.97 Å². The van der Waals surface area contributed by atoms with Crippen LogP contribution in [-0.4, -0.2) is 39.7 Å². The highest BCUT2D eigenvalue weighted by atomic mass is 16.5. The van der Waals surface area contributed by atoms with E-state index in [-0.39, 0.29) is 12.0 Å². The highest BCUT2D eigenvalue weighted by Crippen LogP contribution is 2.18. The number of ether oxygens (including phenoxy) is 1. The van der Waals surface area contributed by atoms with E-state index in [4.69, 9.17) is 9.72 Å². The molecule has 29 heavy (non-hydrogen) atoms. The van der Waals surface area contributed by atoms with Crippen LogP contribution in [0.1, 0.15) is 42.6 Å². The van der Waals surface area contributed by atoms with Gasteiger partial charge in [-0.15, -0.1) is 0 Å². The lowest BCUT2D eigenvalue weighted by Gasteiger charge is -2.11. The van der Waals surface area contributed by atoms with Crippen LogP contribution in [-0.2, 0) is 22.5 Å². The van der Waals surface area contributed by atoms with Gasteiger partial charge in [0.15, 0.2) is 5.65 Å². The van der Waals surface area contributed by atoms with Crippen LogP contribution in [0, 0.1) is 6.92 Å². The average molecular weight is 393 g/mol. The summed E-state index contributed by atoms with van der Waals surface area (Å²) < 4.78 is 7.73. The van der Waals surface area contributed by atoms with Crippen molar-refractivity contribution < 1.29 is 9.53 Å². The number of amides is 1. The molecule has 1 fully saturated rings. The van der Waals surface area contributed by atoms with E-state index < -0.39 is 0 Å². The van der Waals surface area contributed by atoms with Gasteiger partial charge in [0.25, 0.3) is 0 Å². The van der Waals surface area contributed by atoms with Crippen molar-refractivity contribution in [2.45, 2.75) is 51.7 Å². The van der Waals surface area contributed by atoms with E-state index in [1.807, 2.05) is 12.1 Å². The molecule has 1 N–H and O–H groups in total. The number of benzene rings is 1. The van der Waals surface area contributed by atoms with Crippen molar-refractivity contribution in [1.82, 2.24) is 19.9 Å². The summed E-state index contributed by atoms with van der Waals surface area (Å²) in [4.78, 5) is 21.5. The summed E-state index contributed by atoms with van der Waals surface area (Å²) in [7, 11) is 0. The molecule has 6 heteroatoms. The highest BCUT2D eigenvalue weighted by molar-refractivity contribution is 5.76. The first-order valence-corrected chi connectivity index (χ1v) is 10.4. The molecule has 1 unspecified atom stereocenters. The Morgan fingerprint density at radius 2 is 2.14 bits per heavy atom. The van der Waals surface area contributed by atoms with Crippen LogP contribution in [0.2, 0.25) is 0 Å². The fourth-order valence-corrected chi connectivity index (χ4v) is 3.77. The van der Waals surface area contributed by atoms with Gasteiger partial charge in [-0.2, -0.15) is 0 Å². The van der Waals surface area contributed by atoms with E-state index in [0.717, 1.165) is 55.8 Å². The number of aromatic nitrogens is 3. The van der Waals surface area contributed by atoms with Crippen LogP contribution >= 0.6 is 0 Å². The Hall–Kier alpha value is -2.73. The normalized spacial score (nSPS) is 16.4. The molecule has 1 amide bonds. The SMILES string of the molecule is Cc1ccc(Cn2c(CCCC(=O)NCC3CCCO3)nc3cccnc32)cc1. The number of aryl methyl sites for hydroxylation is 2. The quantitative estimate of drug-likeness (QED) is 0.638. The minimum absolute atomic E-state index is 0.0832. The van der Waals surface area contributed by atoms with Crippen LogP contribution in [0.5, 0.6) is 0 Å². The van der Waals surface area contributed by atoms with Crippen LogP contribution in [0.3, 0.4) is 0 Å². The molecule has 0 aliphatic carbocycles. The summed E-state index contributed by atoms with van der Waals surface area (Å²) in [5.74, 6) is 1.06. The van der Waals surface area contributed by atoms with Gasteiger partial charge in [-0.1, -0.05) is 29.8 Å². The van der Waals surface area contributed by atoms with Crippen molar-refractivity contribution in [3.8, 4) is 0 Å². The summed E-state index contributed by atoms with van der Waals surface area (Å²) in [6.45, 7) is 4.25. The largest absolute Gasteiger partial charge is 0.376 e. The second-order valence-corrected chi connectivity index (χ2v) is 7.74. The van der Waals surface area contributed by atoms with Crippen LogP contribution < -0.4 is 5.32 Å². The third-order valence-electron chi connectivity index (χ3n) is 5.40. The Kier molecular flexibility index (Phi) is 6.20. The predicted molar refractivity (Wildman–Crippen MR) is 113 cm³/mol. The molecule has 0 bridgehead atoms. The van der Waals surface area contributed by atoms with Crippen molar-refractivity contribution >= 4 is 17.1 Å². The van der Waals surface area contributed by atoms with Crippen molar-refractivity contribution in [1.29, 1.82) is 0 Å². The zero-order valence-electron chi connectivity index (χ0n) is 16.9. The lowest BCUT2D eigenvalue weighted by molar-refractivity contribution is -0.121. The van der Waals surface area contributed by atoms with Crippen LogP contribution in [0.15, 0.2) is 42.6 Å². The topological polar surface area (TPSA) is 69.0 Å². The van der Waals surface area contributed by atoms with Crippen molar-refractivity contribution in [3.63, 3.8) is 0 Å². The molecule has 6 nitrogen and oxygen atoms in total. The number of hydrogen-bond donors (Lipinski definition) is 1. The number of imidazole rings is 1. The molecule has 0 radical (unpaired) electrons. The van der Waals surface area contributed by atoms with E-state index in [9.17, 15) is 4.79 Å². The number of pyridine rings is 1. The molecule has 0 saturated carbocycles. The maximum atomic E-state index is 12.2. The lowest BCUT2D eigenvalue weighted by Crippen LogP contribution is -2.31. The number of fused-ring (bicyclic) bond motifs is 1. The van der Waals surface area contributed by atoms with E-state index >= 15 is 0 Å². The summed E-state index contributed by atoms with van der Waals surface area (Å²) in [5.41, 5.74) is 4.26. The molecule has 1 atom stereocenters. The summed E-state index contributed by atoms with van der Waals surface area (Å²) >= 11 is 0. The number of rotatable bonds is 8. The van der Waals surface area contributed by atoms with Gasteiger partial charge in [-0.3, -0.25) is 4.79 Å². The number of hydrogen-bond acceptors (Lipinski definition) is 4. The molecule has 1 aliphatic rings. The number of carbonyl (C=O) groups excluding carboxylic acids is 1. The van der Waals surface area contributed by atoms with E-state index in [2.05, 4.69) is 46.1 Å². The van der Waals surface area contributed by atoms with Crippen molar-refractivity contribution in [2.24, 2.45) is 0 Å². The zero-order chi connectivity index (χ0) is 20.1. The molecule has 0 spiro atoms. The standard InChI is InChI=1S/C23H28N4O2/c1-17-9-11-18(12-10-17)16-27-21(26-20-6-3-13-24-23(20)27)7-2-8-22(28)25-15-19-5-4-14-29-19/h3,6,9-13,19H,2,4-5,7-8,14-16H2,1H3,(H,25,28). The van der Waals surface area contributed by atoms with Crippen LogP contribution in [0.25, 0.3) is 11.2 Å². The van der Waals surface area contributed by atoms with Gasteiger partial charge in [-0.05, 0) is 43.9 Å². The first-order valence-electron chi connectivity index (χ1n) is 10.4. The van der Waals surface area contributed by atoms with Gasteiger partial charge in [0.2, 0.25) is 5.91 Å². The van der Waals surface area contributed by atoms with Gasteiger partial charge in [0, 0.05) is 32.2 Å². The smallest absolute Gasteiger partial charge is 0.220 e. The first kappa shape index (κ1) is 19.6. The number of carbonyl (C=O) groups is 1. The van der Waals surface area contributed by atoms with Gasteiger partial charge in [0.05, 0.1) is 12.6 Å². The molecule has 1 aromatic carbocycles. The first-order chi connectivity index (χ1) is 14.2. The Bertz CT molecular complexity index is 959. The molecule has 3 aromatic rings. The Morgan fingerprint density at radius 1 is 1.28 bits per heavy atom. The molecule has 4 rings (SSSR count). The molecule has 1 aliphatic heterocycles. The minimum Gasteiger partial charge on any atom is -0.376 e. The molecule has 2 aromatic heterocycles. The van der Waals surface area contributed by atoms with Crippen molar-refractivity contribution in [2.75, 3.05) is 13.2 Å². The Morgan fingerprint density at radius 3 is 2.93 bits per heavy atom. The molecule has 152 valence electrons. The summed E-state index contributed by atoms with van der Waals surface area (Å²) in [6.07, 6.45) is 6.11. The molecule has 3 heterocycles. The average Bonchev–Trinajstić information content (AvgIpc) is 3.37. The second-order valence-electron chi connectivity index (χ2n) is 7.74. The third-order valence-corrected chi connectivity index (χ3v) is 5.40. The minimum atomic E-state index is 0.0832. The molecular formula is C23H28N4O2. The highest BCUT2D eigenvalue weighted by Gasteiger charge is 2.16. The maximum Gasteiger partial charge on any atom is 0.220 e. The van der Waals surface area contributed by atoms with Crippen LogP contribution in [0.4, 0.5) is 0 Å². The Labute approximate surface area is 171 Å². The summed E-state index contributed by atoms with van der Waals surface area (Å²) in [6, 6.07) is 12.4. The van der Waals surface area contributed by atoms with E-state index in [1.54, 1.807) is 6.20 Å². The van der Waals surface area contributed by atoms with E-state index in [1.165, 1.54) is 11.1 Å². The third kappa shape index (κ3) is 5.01. The maximum absolute atomic E-state index is 12.2. The monoisotopic (exact) mass is 392 g/mol. The predicted octanol–water partition coefficient (Wildman–Crippen LogP) is 3.41. The number of nitrogens with zero attached hydrogens (tertiary/aromatic N) is 3.